The largest absolute Gasteiger partial charge is 0.504 e. The molecule has 0 amide bonds. The third kappa shape index (κ3) is 3.27. The summed E-state index contributed by atoms with van der Waals surface area (Å²) in [5.74, 6) is 0.792. The van der Waals surface area contributed by atoms with Crippen LogP contribution in [-0.4, -0.2) is 19.3 Å². The van der Waals surface area contributed by atoms with Crippen LogP contribution in [0.3, 0.4) is 0 Å². The Balaban J connectivity index is 2.00. The van der Waals surface area contributed by atoms with Crippen molar-refractivity contribution in [2.45, 2.75) is 0 Å². The summed E-state index contributed by atoms with van der Waals surface area (Å²) >= 11 is 0. The van der Waals surface area contributed by atoms with Crippen molar-refractivity contribution in [3.05, 3.63) is 74.3 Å². The van der Waals surface area contributed by atoms with Crippen molar-refractivity contribution in [3.63, 3.8) is 0 Å². The Bertz CT molecular complexity index is 1060. The lowest BCUT2D eigenvalue weighted by molar-refractivity contribution is 0.415. The SMILES string of the molecule is COc1ccc(N=c2c(O)c(Nc3ccc(OC)cc3)c(=O)c2=O)cc1. The van der Waals surface area contributed by atoms with E-state index in [0.29, 0.717) is 22.9 Å². The first-order valence-corrected chi connectivity index (χ1v) is 7.70. The fourth-order valence-electron chi connectivity index (χ4n) is 2.38. The van der Waals surface area contributed by atoms with Crippen LogP contribution in [0.15, 0.2) is 63.1 Å². The molecule has 0 saturated heterocycles. The first kappa shape index (κ1) is 17.2. The van der Waals surface area contributed by atoms with E-state index in [1.54, 1.807) is 48.5 Å². The predicted molar refractivity (Wildman–Crippen MR) is 97.5 cm³/mol. The Morgan fingerprint density at radius 2 is 1.38 bits per heavy atom. The molecule has 3 aromatic carbocycles. The van der Waals surface area contributed by atoms with Crippen LogP contribution < -0.4 is 31.0 Å². The zero-order valence-electron chi connectivity index (χ0n) is 14.1. The van der Waals surface area contributed by atoms with Gasteiger partial charge in [-0.05, 0) is 48.5 Å². The number of anilines is 2. The molecule has 7 nitrogen and oxygen atoms in total. The number of hydrogen-bond acceptors (Lipinski definition) is 7. The first-order valence-electron chi connectivity index (χ1n) is 7.70. The summed E-state index contributed by atoms with van der Waals surface area (Å²) in [6, 6.07) is 13.3. The molecule has 0 aliphatic rings. The predicted octanol–water partition coefficient (Wildman–Crippen LogP) is 1.98. The third-order valence-electron chi connectivity index (χ3n) is 3.78. The van der Waals surface area contributed by atoms with Crippen LogP contribution in [0, 0.1) is 0 Å². The number of hydrogen-bond donors (Lipinski definition) is 2. The number of aromatic hydroxyl groups is 1. The maximum absolute atomic E-state index is 12.2. The van der Waals surface area contributed by atoms with Crippen molar-refractivity contribution < 1.29 is 14.6 Å². The van der Waals surface area contributed by atoms with Gasteiger partial charge in [0.25, 0.3) is 10.9 Å². The van der Waals surface area contributed by atoms with E-state index in [4.69, 9.17) is 9.47 Å². The van der Waals surface area contributed by atoms with E-state index in [0.717, 1.165) is 0 Å². The Morgan fingerprint density at radius 1 is 0.846 bits per heavy atom. The fraction of sp³-hybridized carbons (Fsp3) is 0.105. The Hall–Kier alpha value is -3.61. The molecule has 0 bridgehead atoms. The van der Waals surface area contributed by atoms with E-state index in [9.17, 15) is 14.7 Å². The van der Waals surface area contributed by atoms with Crippen LogP contribution in [-0.2, 0) is 0 Å². The summed E-state index contributed by atoms with van der Waals surface area (Å²) in [5.41, 5.74) is -0.967. The molecule has 0 fully saturated rings. The molecule has 3 aromatic rings. The zero-order chi connectivity index (χ0) is 18.7. The molecule has 3 rings (SSSR count). The molecule has 0 saturated carbocycles. The Kier molecular flexibility index (Phi) is 4.70. The standard InChI is InChI=1S/C19H16N2O5/c1-25-13-7-3-11(4-8-13)20-15-17(22)16(19(24)18(15)23)21-12-5-9-14(26-2)10-6-12/h3-10,20,22H,1-2H3. The van der Waals surface area contributed by atoms with Gasteiger partial charge in [-0.3, -0.25) is 9.59 Å². The quantitative estimate of drug-likeness (QED) is 0.682. The topological polar surface area (TPSA) is 97.2 Å². The minimum absolute atomic E-state index is 0.201. The zero-order valence-corrected chi connectivity index (χ0v) is 14.1. The highest BCUT2D eigenvalue weighted by Crippen LogP contribution is 2.22. The van der Waals surface area contributed by atoms with Gasteiger partial charge in [0.15, 0.2) is 11.1 Å². The van der Waals surface area contributed by atoms with Crippen molar-refractivity contribution in [2.24, 2.45) is 4.99 Å². The lowest BCUT2D eigenvalue weighted by Crippen LogP contribution is -2.30. The monoisotopic (exact) mass is 352 g/mol. The molecule has 0 radical (unpaired) electrons. The molecule has 0 aliphatic carbocycles. The van der Waals surface area contributed by atoms with Crippen LogP contribution in [0.4, 0.5) is 17.1 Å². The lowest BCUT2D eigenvalue weighted by atomic mass is 10.3. The van der Waals surface area contributed by atoms with E-state index in [1.807, 2.05) is 0 Å². The average Bonchev–Trinajstić information content (AvgIpc) is 2.87. The Morgan fingerprint density at radius 3 is 1.92 bits per heavy atom. The highest BCUT2D eigenvalue weighted by molar-refractivity contribution is 5.67. The van der Waals surface area contributed by atoms with E-state index < -0.39 is 16.6 Å². The number of nitrogens with zero attached hydrogens (tertiary/aromatic N) is 1. The smallest absolute Gasteiger partial charge is 0.257 e. The summed E-state index contributed by atoms with van der Waals surface area (Å²) in [6.45, 7) is 0. The maximum Gasteiger partial charge on any atom is 0.257 e. The van der Waals surface area contributed by atoms with Gasteiger partial charge in [-0.1, -0.05) is 0 Å². The molecule has 132 valence electrons. The summed E-state index contributed by atoms with van der Waals surface area (Å²) in [4.78, 5) is 28.5. The van der Waals surface area contributed by atoms with Crippen LogP contribution in [0.5, 0.6) is 17.2 Å². The van der Waals surface area contributed by atoms with Crippen LogP contribution in [0.25, 0.3) is 0 Å². The molecular formula is C19H16N2O5. The minimum Gasteiger partial charge on any atom is -0.504 e. The molecule has 0 atom stereocenters. The third-order valence-corrected chi connectivity index (χ3v) is 3.78. The molecule has 0 spiro atoms. The van der Waals surface area contributed by atoms with Crippen molar-refractivity contribution in [1.82, 2.24) is 0 Å². The molecule has 0 aliphatic heterocycles. The van der Waals surface area contributed by atoms with Crippen LogP contribution in [0.2, 0.25) is 0 Å². The van der Waals surface area contributed by atoms with Crippen molar-refractivity contribution in [1.29, 1.82) is 0 Å². The molecule has 0 unspecified atom stereocenters. The van der Waals surface area contributed by atoms with E-state index >= 15 is 0 Å². The van der Waals surface area contributed by atoms with Crippen molar-refractivity contribution in [3.8, 4) is 17.2 Å². The summed E-state index contributed by atoms with van der Waals surface area (Å²) in [6.07, 6.45) is 0. The fourth-order valence-corrected chi connectivity index (χ4v) is 2.38. The first-order chi connectivity index (χ1) is 12.5. The molecule has 26 heavy (non-hydrogen) atoms. The molecule has 0 aromatic heterocycles. The second kappa shape index (κ2) is 7.10. The molecule has 0 heterocycles. The van der Waals surface area contributed by atoms with Gasteiger partial charge in [0.2, 0.25) is 0 Å². The van der Waals surface area contributed by atoms with Crippen LogP contribution in [0.1, 0.15) is 0 Å². The Labute approximate surface area is 148 Å². The molecule has 7 heteroatoms. The number of nitrogens with one attached hydrogen (secondary N) is 1. The van der Waals surface area contributed by atoms with Gasteiger partial charge < -0.3 is 19.9 Å². The number of methoxy groups -OCH3 is 2. The van der Waals surface area contributed by atoms with Gasteiger partial charge in [-0.2, -0.15) is 0 Å². The lowest BCUT2D eigenvalue weighted by Gasteiger charge is -2.05. The van der Waals surface area contributed by atoms with Gasteiger partial charge >= 0.3 is 0 Å². The minimum atomic E-state index is -0.866. The van der Waals surface area contributed by atoms with E-state index in [-0.39, 0.29) is 11.0 Å². The van der Waals surface area contributed by atoms with E-state index in [1.165, 1.54) is 14.2 Å². The van der Waals surface area contributed by atoms with Crippen molar-refractivity contribution >= 4 is 17.1 Å². The van der Waals surface area contributed by atoms with Gasteiger partial charge in [0, 0.05) is 5.69 Å². The summed E-state index contributed by atoms with van der Waals surface area (Å²) < 4.78 is 10.1. The van der Waals surface area contributed by atoms with Gasteiger partial charge in [-0.15, -0.1) is 0 Å². The highest BCUT2D eigenvalue weighted by atomic mass is 16.5. The van der Waals surface area contributed by atoms with Crippen LogP contribution >= 0.6 is 0 Å². The number of benzene rings is 2. The van der Waals surface area contributed by atoms with Crippen molar-refractivity contribution in [2.75, 3.05) is 19.5 Å². The maximum atomic E-state index is 12.2. The highest BCUT2D eigenvalue weighted by Gasteiger charge is 2.18. The van der Waals surface area contributed by atoms with Gasteiger partial charge in [0.1, 0.15) is 17.2 Å². The van der Waals surface area contributed by atoms with Gasteiger partial charge in [-0.25, -0.2) is 4.99 Å². The van der Waals surface area contributed by atoms with E-state index in [2.05, 4.69) is 10.3 Å². The normalized spacial score (nSPS) is 11.4. The molecule has 2 N–H and O–H groups in total. The number of rotatable bonds is 5. The average molecular weight is 352 g/mol. The molecular weight excluding hydrogens is 336 g/mol. The second-order valence-electron chi connectivity index (χ2n) is 5.39. The second-order valence-corrected chi connectivity index (χ2v) is 5.39. The summed E-state index contributed by atoms with van der Waals surface area (Å²) in [7, 11) is 3.07. The number of ether oxygens (including phenoxy) is 2. The van der Waals surface area contributed by atoms with Gasteiger partial charge in [0.05, 0.1) is 19.9 Å². The summed E-state index contributed by atoms with van der Waals surface area (Å²) in [5, 5.41) is 12.8.